The van der Waals surface area contributed by atoms with Crippen molar-refractivity contribution in [2.75, 3.05) is 19.7 Å². The second kappa shape index (κ2) is 7.39. The molecule has 20 heavy (non-hydrogen) atoms. The van der Waals surface area contributed by atoms with Gasteiger partial charge in [-0.25, -0.2) is 4.39 Å². The van der Waals surface area contributed by atoms with Crippen LogP contribution < -0.4 is 0 Å². The fourth-order valence-corrected chi connectivity index (χ4v) is 2.50. The predicted molar refractivity (Wildman–Crippen MR) is 76.2 cm³/mol. The zero-order valence-corrected chi connectivity index (χ0v) is 12.0. The van der Waals surface area contributed by atoms with Gasteiger partial charge in [0.05, 0.1) is 6.10 Å². The monoisotopic (exact) mass is 279 g/mol. The van der Waals surface area contributed by atoms with Crippen molar-refractivity contribution in [2.24, 2.45) is 0 Å². The summed E-state index contributed by atoms with van der Waals surface area (Å²) in [4.78, 5) is 14.2. The molecule has 2 rings (SSSR count). The van der Waals surface area contributed by atoms with E-state index in [1.165, 1.54) is 12.1 Å². The van der Waals surface area contributed by atoms with E-state index in [1.54, 1.807) is 12.1 Å². The maximum atomic E-state index is 12.9. The van der Waals surface area contributed by atoms with Gasteiger partial charge in [0, 0.05) is 25.3 Å². The van der Waals surface area contributed by atoms with Gasteiger partial charge in [0.1, 0.15) is 5.82 Å². The molecule has 0 spiro atoms. The first-order valence-electron chi connectivity index (χ1n) is 7.37. The predicted octanol–water partition coefficient (Wildman–Crippen LogP) is 3.25. The lowest BCUT2D eigenvalue weighted by atomic mass is 10.1. The van der Waals surface area contributed by atoms with Crippen LogP contribution >= 0.6 is 0 Å². The molecule has 0 aromatic heterocycles. The van der Waals surface area contributed by atoms with Crippen LogP contribution in [0.5, 0.6) is 0 Å². The molecule has 1 aliphatic heterocycles. The molecule has 4 heteroatoms. The lowest BCUT2D eigenvalue weighted by Gasteiger charge is -2.20. The van der Waals surface area contributed by atoms with Crippen LogP contribution in [-0.4, -0.2) is 36.6 Å². The number of ether oxygens (including phenoxy) is 1. The van der Waals surface area contributed by atoms with Crippen molar-refractivity contribution >= 4 is 5.91 Å². The van der Waals surface area contributed by atoms with E-state index in [0.29, 0.717) is 12.1 Å². The molecule has 1 aromatic carbocycles. The molecule has 0 N–H and O–H groups in total. The number of likely N-dealkylation sites (tertiary alicyclic amines) is 1. The number of benzene rings is 1. The second-order valence-electron chi connectivity index (χ2n) is 5.22. The van der Waals surface area contributed by atoms with E-state index >= 15 is 0 Å². The highest BCUT2D eigenvalue weighted by Crippen LogP contribution is 2.17. The van der Waals surface area contributed by atoms with Gasteiger partial charge in [-0.05, 0) is 49.9 Å². The quantitative estimate of drug-likeness (QED) is 0.846. The standard InChI is InChI=1S/C16H22FNO2/c1-2-12-20-15-4-3-10-18(11-9-15)16(19)13-5-7-14(17)8-6-13/h5-8,15H,2-4,9-12H2,1H3/t15-/m0/s1. The number of nitrogens with zero attached hydrogens (tertiary/aromatic N) is 1. The average Bonchev–Trinajstić information content (AvgIpc) is 2.70. The molecule has 0 unspecified atom stereocenters. The summed E-state index contributed by atoms with van der Waals surface area (Å²) in [6.07, 6.45) is 4.14. The van der Waals surface area contributed by atoms with Crippen molar-refractivity contribution in [3.05, 3.63) is 35.6 Å². The Morgan fingerprint density at radius 1 is 1.30 bits per heavy atom. The summed E-state index contributed by atoms with van der Waals surface area (Å²) in [5.74, 6) is -0.327. The number of amides is 1. The van der Waals surface area contributed by atoms with Crippen molar-refractivity contribution in [1.82, 2.24) is 4.90 Å². The Morgan fingerprint density at radius 3 is 2.75 bits per heavy atom. The molecular weight excluding hydrogens is 257 g/mol. The lowest BCUT2D eigenvalue weighted by molar-refractivity contribution is 0.0432. The van der Waals surface area contributed by atoms with Crippen molar-refractivity contribution in [2.45, 2.75) is 38.7 Å². The molecule has 0 bridgehead atoms. The third kappa shape index (κ3) is 4.04. The number of hydrogen-bond donors (Lipinski definition) is 0. The second-order valence-corrected chi connectivity index (χ2v) is 5.22. The molecule has 0 radical (unpaired) electrons. The van der Waals surface area contributed by atoms with Crippen molar-refractivity contribution in [1.29, 1.82) is 0 Å². The zero-order chi connectivity index (χ0) is 14.4. The minimum Gasteiger partial charge on any atom is -0.378 e. The molecule has 1 saturated heterocycles. The van der Waals surface area contributed by atoms with Gasteiger partial charge in [0.15, 0.2) is 0 Å². The minimum absolute atomic E-state index is 0.0128. The molecular formula is C16H22FNO2. The lowest BCUT2D eigenvalue weighted by Crippen LogP contribution is -2.32. The molecule has 1 fully saturated rings. The van der Waals surface area contributed by atoms with E-state index in [1.807, 2.05) is 4.90 Å². The highest BCUT2D eigenvalue weighted by Gasteiger charge is 2.21. The van der Waals surface area contributed by atoms with Crippen LogP contribution in [0.15, 0.2) is 24.3 Å². The maximum absolute atomic E-state index is 12.9. The van der Waals surface area contributed by atoms with E-state index in [-0.39, 0.29) is 17.8 Å². The average molecular weight is 279 g/mol. The van der Waals surface area contributed by atoms with E-state index in [4.69, 9.17) is 4.74 Å². The van der Waals surface area contributed by atoms with Gasteiger partial charge in [0.2, 0.25) is 0 Å². The molecule has 1 atom stereocenters. The summed E-state index contributed by atoms with van der Waals surface area (Å²) < 4.78 is 18.7. The van der Waals surface area contributed by atoms with Crippen LogP contribution in [0.25, 0.3) is 0 Å². The van der Waals surface area contributed by atoms with Crippen molar-refractivity contribution in [3.63, 3.8) is 0 Å². The minimum atomic E-state index is -0.314. The summed E-state index contributed by atoms with van der Waals surface area (Å²) in [6.45, 7) is 4.35. The number of hydrogen-bond acceptors (Lipinski definition) is 2. The molecule has 110 valence electrons. The smallest absolute Gasteiger partial charge is 0.253 e. The van der Waals surface area contributed by atoms with Gasteiger partial charge in [-0.2, -0.15) is 0 Å². The first kappa shape index (κ1) is 15.0. The van der Waals surface area contributed by atoms with Crippen LogP contribution in [0, 0.1) is 5.82 Å². The Bertz CT molecular complexity index is 433. The van der Waals surface area contributed by atoms with E-state index in [9.17, 15) is 9.18 Å². The fraction of sp³-hybridized carbons (Fsp3) is 0.562. The van der Waals surface area contributed by atoms with Crippen LogP contribution in [-0.2, 0) is 4.74 Å². The molecule has 0 aliphatic carbocycles. The Kier molecular flexibility index (Phi) is 5.53. The molecule has 1 aromatic rings. The number of carbonyl (C=O) groups excluding carboxylic acids is 1. The Balaban J connectivity index is 1.92. The molecule has 1 heterocycles. The first-order chi connectivity index (χ1) is 9.70. The number of halogens is 1. The van der Waals surface area contributed by atoms with Crippen LogP contribution in [0.1, 0.15) is 43.0 Å². The summed E-state index contributed by atoms with van der Waals surface area (Å²) in [6, 6.07) is 5.76. The van der Waals surface area contributed by atoms with Gasteiger partial charge in [0.25, 0.3) is 5.91 Å². The molecule has 3 nitrogen and oxygen atoms in total. The first-order valence-corrected chi connectivity index (χ1v) is 7.37. The third-order valence-corrected chi connectivity index (χ3v) is 3.61. The highest BCUT2D eigenvalue weighted by atomic mass is 19.1. The van der Waals surface area contributed by atoms with E-state index < -0.39 is 0 Å². The Labute approximate surface area is 119 Å². The maximum Gasteiger partial charge on any atom is 0.253 e. The normalized spacial score (nSPS) is 19.7. The van der Waals surface area contributed by atoms with Crippen molar-refractivity contribution in [3.8, 4) is 0 Å². The third-order valence-electron chi connectivity index (χ3n) is 3.61. The van der Waals surface area contributed by atoms with Crippen LogP contribution in [0.2, 0.25) is 0 Å². The molecule has 1 aliphatic rings. The van der Waals surface area contributed by atoms with Crippen LogP contribution in [0.3, 0.4) is 0 Å². The van der Waals surface area contributed by atoms with E-state index in [2.05, 4.69) is 6.92 Å². The number of carbonyl (C=O) groups is 1. The van der Waals surface area contributed by atoms with Crippen molar-refractivity contribution < 1.29 is 13.9 Å². The van der Waals surface area contributed by atoms with Gasteiger partial charge in [-0.3, -0.25) is 4.79 Å². The summed E-state index contributed by atoms with van der Waals surface area (Å²) in [5, 5.41) is 0. The summed E-state index contributed by atoms with van der Waals surface area (Å²) in [7, 11) is 0. The molecule has 1 amide bonds. The van der Waals surface area contributed by atoms with Gasteiger partial charge < -0.3 is 9.64 Å². The summed E-state index contributed by atoms with van der Waals surface area (Å²) in [5.41, 5.74) is 0.555. The highest BCUT2D eigenvalue weighted by molar-refractivity contribution is 5.94. The summed E-state index contributed by atoms with van der Waals surface area (Å²) >= 11 is 0. The SMILES string of the molecule is CCCO[C@H]1CCCN(C(=O)c2ccc(F)cc2)CC1. The zero-order valence-electron chi connectivity index (χ0n) is 12.0. The number of rotatable bonds is 4. The Morgan fingerprint density at radius 2 is 2.05 bits per heavy atom. The van der Waals surface area contributed by atoms with E-state index in [0.717, 1.165) is 38.8 Å². The van der Waals surface area contributed by atoms with Gasteiger partial charge >= 0.3 is 0 Å². The van der Waals surface area contributed by atoms with Gasteiger partial charge in [-0.1, -0.05) is 6.92 Å². The largest absolute Gasteiger partial charge is 0.378 e. The van der Waals surface area contributed by atoms with Crippen LogP contribution in [0.4, 0.5) is 4.39 Å². The van der Waals surface area contributed by atoms with Gasteiger partial charge in [-0.15, -0.1) is 0 Å². The topological polar surface area (TPSA) is 29.5 Å². The Hall–Kier alpha value is -1.42. The molecule has 0 saturated carbocycles. The fourth-order valence-electron chi connectivity index (χ4n) is 2.50.